The average Bonchev–Trinajstić information content (AvgIpc) is 2.42. The zero-order valence-electron chi connectivity index (χ0n) is 13.3. The summed E-state index contributed by atoms with van der Waals surface area (Å²) in [5, 5.41) is 4.33. The van der Waals surface area contributed by atoms with Crippen LogP contribution in [0.1, 0.15) is 38.7 Å². The van der Waals surface area contributed by atoms with Crippen molar-refractivity contribution in [1.82, 2.24) is 9.88 Å². The number of pyridine rings is 1. The van der Waals surface area contributed by atoms with E-state index in [9.17, 15) is 0 Å². The van der Waals surface area contributed by atoms with Crippen LogP contribution in [0.3, 0.4) is 0 Å². The first kappa shape index (κ1) is 15.1. The Morgan fingerprint density at radius 1 is 1.29 bits per heavy atom. The molecule has 2 unspecified atom stereocenters. The minimum Gasteiger partial charge on any atom is -0.379 e. The Kier molecular flexibility index (Phi) is 4.41. The number of aryl methyl sites for hydroxylation is 1. The van der Waals surface area contributed by atoms with Crippen molar-refractivity contribution in [1.29, 1.82) is 0 Å². The van der Waals surface area contributed by atoms with Crippen molar-refractivity contribution in [2.45, 2.75) is 52.1 Å². The van der Waals surface area contributed by atoms with Crippen LogP contribution in [0, 0.1) is 18.8 Å². The molecule has 1 saturated carbocycles. The smallest absolute Gasteiger partial charge is 0.152 e. The summed E-state index contributed by atoms with van der Waals surface area (Å²) in [5.41, 5.74) is 2.17. The van der Waals surface area contributed by atoms with Crippen LogP contribution >= 0.6 is 11.6 Å². The van der Waals surface area contributed by atoms with Gasteiger partial charge in [-0.25, -0.2) is 4.98 Å². The topological polar surface area (TPSA) is 28.2 Å². The van der Waals surface area contributed by atoms with Crippen molar-refractivity contribution < 1.29 is 0 Å². The first-order valence-electron chi connectivity index (χ1n) is 8.17. The Balaban J connectivity index is 1.78. The van der Waals surface area contributed by atoms with E-state index in [-0.39, 0.29) is 0 Å². The molecule has 2 fully saturated rings. The lowest BCUT2D eigenvalue weighted by molar-refractivity contribution is 0.0518. The van der Waals surface area contributed by atoms with Gasteiger partial charge < -0.3 is 10.2 Å². The lowest BCUT2D eigenvalue weighted by atomic mass is 9.73. The highest BCUT2D eigenvalue weighted by Crippen LogP contribution is 2.38. The number of likely N-dealkylation sites (tertiary alicyclic amines) is 1. The van der Waals surface area contributed by atoms with Gasteiger partial charge in [0.05, 0.1) is 5.69 Å². The second kappa shape index (κ2) is 6.13. The van der Waals surface area contributed by atoms with Crippen molar-refractivity contribution in [2.75, 3.05) is 18.4 Å². The number of aromatic nitrogens is 1. The van der Waals surface area contributed by atoms with E-state index < -0.39 is 0 Å². The summed E-state index contributed by atoms with van der Waals surface area (Å²) in [7, 11) is 0. The van der Waals surface area contributed by atoms with Gasteiger partial charge >= 0.3 is 0 Å². The van der Waals surface area contributed by atoms with Crippen molar-refractivity contribution in [3.8, 4) is 0 Å². The highest BCUT2D eigenvalue weighted by Gasteiger charge is 2.40. The standard InChI is InChI=1S/C17H26ClN3/c1-11(2)21-9-13-5-4-6-14(10-21)16(13)20-15-7-12(3)8-19-17(15)18/h7-8,11,13-14,16,20H,4-6,9-10H2,1-3H3. The fourth-order valence-electron chi connectivity index (χ4n) is 3.96. The summed E-state index contributed by atoms with van der Waals surface area (Å²) >= 11 is 6.27. The van der Waals surface area contributed by atoms with E-state index in [1.54, 1.807) is 0 Å². The highest BCUT2D eigenvalue weighted by atomic mass is 35.5. The second-order valence-corrected chi connectivity index (χ2v) is 7.38. The SMILES string of the molecule is Cc1cnc(Cl)c(NC2C3CCCC2CN(C(C)C)C3)c1. The molecule has 2 heterocycles. The van der Waals surface area contributed by atoms with Gasteiger partial charge in [0, 0.05) is 31.4 Å². The normalized spacial score (nSPS) is 29.7. The Hall–Kier alpha value is -0.800. The maximum absolute atomic E-state index is 6.27. The number of nitrogens with one attached hydrogen (secondary N) is 1. The van der Waals surface area contributed by atoms with E-state index in [4.69, 9.17) is 11.6 Å². The predicted octanol–water partition coefficient (Wildman–Crippen LogP) is 3.96. The van der Waals surface area contributed by atoms with Crippen LogP contribution in [0.15, 0.2) is 12.3 Å². The molecule has 1 aromatic rings. The molecule has 0 amide bonds. The molecule has 21 heavy (non-hydrogen) atoms. The maximum Gasteiger partial charge on any atom is 0.152 e. The number of fused-ring (bicyclic) bond motifs is 2. The predicted molar refractivity (Wildman–Crippen MR) is 88.9 cm³/mol. The molecule has 116 valence electrons. The molecule has 1 aliphatic heterocycles. The molecule has 2 atom stereocenters. The van der Waals surface area contributed by atoms with Crippen LogP contribution in [0.4, 0.5) is 5.69 Å². The van der Waals surface area contributed by atoms with Gasteiger partial charge in [-0.05, 0) is 57.1 Å². The molecule has 0 radical (unpaired) electrons. The summed E-state index contributed by atoms with van der Waals surface area (Å²) in [5.74, 6) is 1.47. The van der Waals surface area contributed by atoms with Crippen LogP contribution in [-0.2, 0) is 0 Å². The fraction of sp³-hybridized carbons (Fsp3) is 0.706. The van der Waals surface area contributed by atoms with Gasteiger partial charge in [0.2, 0.25) is 0 Å². The van der Waals surface area contributed by atoms with Crippen LogP contribution in [0.25, 0.3) is 0 Å². The van der Waals surface area contributed by atoms with Gasteiger partial charge in [0.15, 0.2) is 5.15 Å². The Morgan fingerprint density at radius 2 is 1.95 bits per heavy atom. The van der Waals surface area contributed by atoms with E-state index in [1.165, 1.54) is 32.4 Å². The molecule has 3 nitrogen and oxygen atoms in total. The first-order valence-corrected chi connectivity index (χ1v) is 8.55. The first-order chi connectivity index (χ1) is 10.0. The minimum atomic E-state index is 0.551. The number of nitrogens with zero attached hydrogens (tertiary/aromatic N) is 2. The molecular formula is C17H26ClN3. The van der Waals surface area contributed by atoms with E-state index in [1.807, 2.05) is 6.20 Å². The van der Waals surface area contributed by atoms with E-state index >= 15 is 0 Å². The maximum atomic E-state index is 6.27. The zero-order chi connectivity index (χ0) is 15.0. The van der Waals surface area contributed by atoms with E-state index in [0.717, 1.165) is 23.1 Å². The third-order valence-electron chi connectivity index (χ3n) is 5.13. The molecule has 1 N–H and O–H groups in total. The van der Waals surface area contributed by atoms with Crippen molar-refractivity contribution in [3.63, 3.8) is 0 Å². The van der Waals surface area contributed by atoms with Gasteiger partial charge in [0.1, 0.15) is 0 Å². The Bertz CT molecular complexity index is 489. The molecule has 2 bridgehead atoms. The molecule has 1 aromatic heterocycles. The van der Waals surface area contributed by atoms with Gasteiger partial charge in [-0.2, -0.15) is 0 Å². The zero-order valence-corrected chi connectivity index (χ0v) is 14.0. The van der Waals surface area contributed by atoms with Gasteiger partial charge in [0.25, 0.3) is 0 Å². The largest absolute Gasteiger partial charge is 0.379 e. The number of rotatable bonds is 3. The molecule has 0 spiro atoms. The van der Waals surface area contributed by atoms with Crippen LogP contribution in [0.5, 0.6) is 0 Å². The molecule has 1 saturated heterocycles. The number of hydrogen-bond acceptors (Lipinski definition) is 3. The molecule has 3 rings (SSSR count). The fourth-order valence-corrected chi connectivity index (χ4v) is 4.12. The Morgan fingerprint density at radius 3 is 2.57 bits per heavy atom. The molecule has 1 aliphatic carbocycles. The molecular weight excluding hydrogens is 282 g/mol. The quantitative estimate of drug-likeness (QED) is 0.857. The lowest BCUT2D eigenvalue weighted by Crippen LogP contribution is -2.56. The third kappa shape index (κ3) is 3.19. The molecule has 0 aromatic carbocycles. The van der Waals surface area contributed by atoms with Crippen molar-refractivity contribution in [2.24, 2.45) is 11.8 Å². The van der Waals surface area contributed by atoms with Crippen LogP contribution < -0.4 is 5.32 Å². The summed E-state index contributed by atoms with van der Waals surface area (Å²) in [4.78, 5) is 6.92. The minimum absolute atomic E-state index is 0.551. The third-order valence-corrected chi connectivity index (χ3v) is 5.43. The van der Waals surface area contributed by atoms with Gasteiger partial charge in [-0.3, -0.25) is 0 Å². The van der Waals surface area contributed by atoms with Crippen molar-refractivity contribution >= 4 is 17.3 Å². The van der Waals surface area contributed by atoms with E-state index in [2.05, 4.69) is 42.0 Å². The summed E-state index contributed by atoms with van der Waals surface area (Å²) in [6, 6.07) is 3.33. The summed E-state index contributed by atoms with van der Waals surface area (Å²) < 4.78 is 0. The van der Waals surface area contributed by atoms with Crippen molar-refractivity contribution in [3.05, 3.63) is 23.0 Å². The molecule has 2 aliphatic rings. The summed E-state index contributed by atoms with van der Waals surface area (Å²) in [6.07, 6.45) is 5.86. The average molecular weight is 308 g/mol. The Labute approximate surface area is 133 Å². The highest BCUT2D eigenvalue weighted by molar-refractivity contribution is 6.32. The second-order valence-electron chi connectivity index (χ2n) is 7.02. The van der Waals surface area contributed by atoms with Crippen LogP contribution in [-0.4, -0.2) is 35.1 Å². The van der Waals surface area contributed by atoms with Gasteiger partial charge in [-0.15, -0.1) is 0 Å². The van der Waals surface area contributed by atoms with E-state index in [0.29, 0.717) is 17.2 Å². The number of hydrogen-bond donors (Lipinski definition) is 1. The number of piperidine rings is 1. The number of halogens is 1. The summed E-state index contributed by atoms with van der Waals surface area (Å²) in [6.45, 7) is 9.11. The molecule has 4 heteroatoms. The van der Waals surface area contributed by atoms with Gasteiger partial charge in [-0.1, -0.05) is 18.0 Å². The number of anilines is 1. The lowest BCUT2D eigenvalue weighted by Gasteiger charge is -2.49. The van der Waals surface area contributed by atoms with Crippen LogP contribution in [0.2, 0.25) is 5.15 Å². The monoisotopic (exact) mass is 307 g/mol.